The van der Waals surface area contributed by atoms with Gasteiger partial charge in [-0.05, 0) is 92.6 Å². The number of hydrogen-bond acceptors (Lipinski definition) is 11. The van der Waals surface area contributed by atoms with Gasteiger partial charge in [0.25, 0.3) is 0 Å². The molecule has 3 aliphatic heterocycles. The Hall–Kier alpha value is -5.74. The summed E-state index contributed by atoms with van der Waals surface area (Å²) in [6, 6.07) is 18.9. The van der Waals surface area contributed by atoms with E-state index in [9.17, 15) is 14.9 Å². The Balaban J connectivity index is 0.000000423. The smallest absolute Gasteiger partial charge is 0.394 e. The third-order valence-corrected chi connectivity index (χ3v) is 12.6. The van der Waals surface area contributed by atoms with Crippen LogP contribution < -0.4 is 29.5 Å². The number of amides is 2. The zero-order valence-electron chi connectivity index (χ0n) is 37.1. The normalized spacial score (nSPS) is 17.6. The summed E-state index contributed by atoms with van der Waals surface area (Å²) in [5.74, 6) is -0.702. The molecule has 1 unspecified atom stereocenters. The maximum Gasteiger partial charge on any atom is 1.00 e. The van der Waals surface area contributed by atoms with E-state index < -0.39 is 6.04 Å². The maximum atomic E-state index is 15.2. The molecule has 0 aliphatic carbocycles. The first kappa shape index (κ1) is 47.2. The van der Waals surface area contributed by atoms with Crippen LogP contribution in [0.4, 0.5) is 10.1 Å². The van der Waals surface area contributed by atoms with Gasteiger partial charge in [-0.2, -0.15) is 27.6 Å². The van der Waals surface area contributed by atoms with Gasteiger partial charge in [-0.15, -0.1) is 18.7 Å². The van der Waals surface area contributed by atoms with Crippen LogP contribution >= 0.6 is 0 Å². The fraction of sp³-hybridized carbons (Fsp3) is 0.367. The van der Waals surface area contributed by atoms with Gasteiger partial charge in [0, 0.05) is 74.5 Å². The predicted octanol–water partition coefficient (Wildman–Crippen LogP) is 3.36. The minimum Gasteiger partial charge on any atom is -0.394 e. The van der Waals surface area contributed by atoms with Crippen LogP contribution in [0.2, 0.25) is 0 Å². The van der Waals surface area contributed by atoms with Crippen molar-refractivity contribution in [3.63, 3.8) is 0 Å². The Kier molecular flexibility index (Phi) is 16.3. The van der Waals surface area contributed by atoms with Crippen LogP contribution in [0.1, 0.15) is 67.3 Å². The Morgan fingerprint density at radius 2 is 1.66 bits per heavy atom. The Morgan fingerprint density at radius 3 is 2.32 bits per heavy atom. The molecule has 0 spiro atoms. The molecular formula is C49H54FLiN12O2-2. The summed E-state index contributed by atoms with van der Waals surface area (Å²) < 4.78 is 19.1. The van der Waals surface area contributed by atoms with Crippen LogP contribution in [0, 0.1) is 37.2 Å². The van der Waals surface area contributed by atoms with Gasteiger partial charge in [0.1, 0.15) is 17.9 Å². The fourth-order valence-corrected chi connectivity index (χ4v) is 8.88. The molecule has 6 aromatic rings. The van der Waals surface area contributed by atoms with E-state index in [0.717, 1.165) is 124 Å². The second-order valence-electron chi connectivity index (χ2n) is 16.7. The maximum absolute atomic E-state index is 15.2. The zero-order valence-corrected chi connectivity index (χ0v) is 37.1. The van der Waals surface area contributed by atoms with Gasteiger partial charge >= 0.3 is 18.9 Å². The van der Waals surface area contributed by atoms with Crippen molar-refractivity contribution < 1.29 is 32.8 Å². The van der Waals surface area contributed by atoms with Crippen molar-refractivity contribution in [2.24, 2.45) is 0 Å². The number of anilines is 1. The Morgan fingerprint density at radius 1 is 0.892 bits per heavy atom. The number of carbonyl (C=O) groups is 2. The van der Waals surface area contributed by atoms with Gasteiger partial charge in [0.05, 0.1) is 35.2 Å². The number of benzene rings is 1. The molecule has 0 radical (unpaired) electrons. The number of nitrogens with one attached hydrogen (secondary N) is 2. The quantitative estimate of drug-likeness (QED) is 0.1000. The number of pyridine rings is 3. The van der Waals surface area contributed by atoms with Crippen LogP contribution in [0.25, 0.3) is 27.8 Å². The number of carbonyl (C=O) groups excluding carboxylic acids is 2. The van der Waals surface area contributed by atoms with Crippen molar-refractivity contribution >= 4 is 23.0 Å². The molecule has 1 atom stereocenters. The largest absolute Gasteiger partial charge is 1.00 e. The topological polar surface area (TPSA) is 153 Å². The molecule has 0 saturated carbocycles. The minimum absolute atomic E-state index is 0. The molecule has 1 aromatic carbocycles. The third kappa shape index (κ3) is 11.8. The standard InChI is InChI=1S/C39H40FN10O2.C10H14N2.Li/c40-35-19-31(45-36-5-6-37(51)46-39(36)52)3-4-33(35)26-7-12-47(13-8-26)16-17-48-14-9-32(10-15-48)49-25-30(23-43-49)28-18-34(27-2-1-11-42-21-27)38-29(20-41)22-44-50(38)24-28;1-3-12(4-2)9-10-7-5-6-8-11-10;/h1-4,18-19,21-26,32,36,45H,5-10,12-17H2,(H,46,51,52);5-8H,1-4,9H2;/q-1;-2;+1. The number of nitriles is 1. The number of aromatic nitrogens is 6. The van der Waals surface area contributed by atoms with Gasteiger partial charge in [0.2, 0.25) is 11.8 Å². The average molecular weight is 869 g/mol. The number of piperidine rings is 3. The van der Waals surface area contributed by atoms with Crippen LogP contribution in [0.5, 0.6) is 0 Å². The fourth-order valence-electron chi connectivity index (χ4n) is 8.88. The van der Waals surface area contributed by atoms with Crippen LogP contribution in [-0.2, 0) is 16.1 Å². The van der Waals surface area contributed by atoms with E-state index in [2.05, 4.69) is 83.5 Å². The minimum atomic E-state index is -0.530. The molecule has 3 saturated heterocycles. The van der Waals surface area contributed by atoms with E-state index in [-0.39, 0.29) is 48.8 Å². The molecule has 0 bridgehead atoms. The van der Waals surface area contributed by atoms with Crippen molar-refractivity contribution in [2.75, 3.05) is 57.7 Å². The molecule has 3 aliphatic rings. The van der Waals surface area contributed by atoms with E-state index in [1.54, 1.807) is 29.2 Å². The predicted molar refractivity (Wildman–Crippen MR) is 243 cm³/mol. The molecule has 65 heavy (non-hydrogen) atoms. The van der Waals surface area contributed by atoms with Gasteiger partial charge < -0.3 is 38.8 Å². The summed E-state index contributed by atoms with van der Waals surface area (Å²) in [5.41, 5.74) is 7.39. The van der Waals surface area contributed by atoms with E-state index in [0.29, 0.717) is 23.7 Å². The number of likely N-dealkylation sites (tertiary alicyclic amines) is 2. The molecule has 2 amide bonds. The second-order valence-corrected chi connectivity index (χ2v) is 16.7. The molecular weight excluding hydrogens is 815 g/mol. The number of fused-ring (bicyclic) bond motifs is 1. The van der Waals surface area contributed by atoms with E-state index in [1.807, 2.05) is 48.8 Å². The first-order valence-electron chi connectivity index (χ1n) is 22.1. The van der Waals surface area contributed by atoms with E-state index in [1.165, 1.54) is 6.07 Å². The monoisotopic (exact) mass is 868 g/mol. The average Bonchev–Trinajstić information content (AvgIpc) is 4.00. The molecule has 2 N–H and O–H groups in total. The summed E-state index contributed by atoms with van der Waals surface area (Å²) >= 11 is 0. The van der Waals surface area contributed by atoms with Crippen molar-refractivity contribution in [1.82, 2.24) is 49.4 Å². The summed E-state index contributed by atoms with van der Waals surface area (Å²) in [6.45, 7) is 15.9. The number of hydrogen-bond donors (Lipinski definition) is 2. The van der Waals surface area contributed by atoms with Crippen LogP contribution in [0.15, 0.2) is 91.8 Å². The molecule has 16 heteroatoms. The first-order valence-corrected chi connectivity index (χ1v) is 22.1. The number of nitrogens with zero attached hydrogens (tertiary/aromatic N) is 10. The summed E-state index contributed by atoms with van der Waals surface area (Å²) in [6.07, 6.45) is 18.5. The zero-order chi connectivity index (χ0) is 44.4. The van der Waals surface area contributed by atoms with Crippen molar-refractivity contribution in [3.05, 3.63) is 134 Å². The second kappa shape index (κ2) is 22.4. The molecule has 3 fully saturated rings. The number of rotatable bonds is 13. The molecule has 14 nitrogen and oxygen atoms in total. The SMILES string of the molecule is N#Cc1cnn2cc(-c3cnn(C4CCN(CCN5CCC(c6ccc(NC7CCC(=O)NC7=O)cc6F)CC5)CC4)c3)cc(-c3cc[c-]nc3)c12.[CH2-]CN(C[CH2-])Cc1ccccn1.[Li+]. The molecule has 9 rings (SSSR count). The first-order chi connectivity index (χ1) is 31.3. The molecule has 8 heterocycles. The number of halogens is 1. The van der Waals surface area contributed by atoms with Gasteiger partial charge in [-0.1, -0.05) is 24.5 Å². The van der Waals surface area contributed by atoms with Gasteiger partial charge in [0.15, 0.2) is 0 Å². The third-order valence-electron chi connectivity index (χ3n) is 12.6. The summed E-state index contributed by atoms with van der Waals surface area (Å²) in [4.78, 5) is 39.1. The van der Waals surface area contributed by atoms with Crippen LogP contribution in [-0.4, -0.2) is 114 Å². The van der Waals surface area contributed by atoms with Crippen LogP contribution in [0.3, 0.4) is 0 Å². The van der Waals surface area contributed by atoms with E-state index in [4.69, 9.17) is 5.10 Å². The van der Waals surface area contributed by atoms with Gasteiger partial charge in [-0.25, -0.2) is 8.91 Å². The van der Waals surface area contributed by atoms with Crippen molar-refractivity contribution in [1.29, 1.82) is 5.26 Å². The molecule has 332 valence electrons. The Labute approximate surface area is 392 Å². The van der Waals surface area contributed by atoms with Gasteiger partial charge in [-0.3, -0.25) is 24.6 Å². The van der Waals surface area contributed by atoms with Crippen molar-refractivity contribution in [3.8, 4) is 28.3 Å². The Bertz CT molecular complexity index is 2540. The number of imide groups is 1. The molecule has 5 aromatic heterocycles. The summed E-state index contributed by atoms with van der Waals surface area (Å²) in [5, 5.41) is 24.3. The van der Waals surface area contributed by atoms with Crippen molar-refractivity contribution in [2.45, 2.75) is 63.1 Å². The van der Waals surface area contributed by atoms with E-state index >= 15 is 4.39 Å². The summed E-state index contributed by atoms with van der Waals surface area (Å²) in [7, 11) is 0.